The number of aromatic nitrogens is 4. The summed E-state index contributed by atoms with van der Waals surface area (Å²) in [7, 11) is -4.72. The number of halogens is 1. The number of fused-ring (bicyclic) bond motifs is 1. The first-order valence-electron chi connectivity index (χ1n) is 6.32. The molecule has 1 saturated heterocycles. The molecule has 1 fully saturated rings. The Hall–Kier alpha value is -1.17. The Morgan fingerprint density at radius 3 is 2.74 bits per heavy atom. The van der Waals surface area contributed by atoms with Crippen LogP contribution in [0.3, 0.4) is 0 Å². The second-order valence-electron chi connectivity index (χ2n) is 4.82. The summed E-state index contributed by atoms with van der Waals surface area (Å²) in [6.45, 7) is -0.596. The highest BCUT2D eigenvalue weighted by molar-refractivity contribution is 7.46. The quantitative estimate of drug-likeness (QED) is 0.398. The van der Waals surface area contributed by atoms with Crippen molar-refractivity contribution < 1.29 is 33.8 Å². The summed E-state index contributed by atoms with van der Waals surface area (Å²) < 4.78 is 21.8. The largest absolute Gasteiger partial charge is 0.469 e. The van der Waals surface area contributed by atoms with E-state index in [1.165, 1.54) is 17.2 Å². The number of nitrogens with zero attached hydrogens (tertiary/aromatic N) is 4. The Morgan fingerprint density at radius 2 is 2.04 bits per heavy atom. The summed E-state index contributed by atoms with van der Waals surface area (Å²) in [6, 6.07) is 0. The van der Waals surface area contributed by atoms with Crippen LogP contribution in [-0.4, -0.2) is 64.4 Å². The summed E-state index contributed by atoms with van der Waals surface area (Å²) >= 11 is 5.88. The summed E-state index contributed by atoms with van der Waals surface area (Å²) in [4.78, 5) is 29.2. The third-order valence-corrected chi connectivity index (χ3v) is 4.09. The molecule has 23 heavy (non-hydrogen) atoms. The lowest BCUT2D eigenvalue weighted by molar-refractivity contribution is -0.0504. The van der Waals surface area contributed by atoms with Crippen molar-refractivity contribution in [3.63, 3.8) is 0 Å². The van der Waals surface area contributed by atoms with Gasteiger partial charge in [0.05, 0.1) is 12.9 Å². The van der Waals surface area contributed by atoms with Crippen LogP contribution in [0.1, 0.15) is 6.23 Å². The van der Waals surface area contributed by atoms with Crippen molar-refractivity contribution >= 4 is 30.6 Å². The fraction of sp³-hybridized carbons (Fsp3) is 0.500. The molecule has 2 aromatic heterocycles. The Kier molecular flexibility index (Phi) is 4.38. The maximum Gasteiger partial charge on any atom is 0.469 e. The molecule has 0 saturated carbocycles. The number of rotatable bonds is 4. The minimum atomic E-state index is -4.72. The van der Waals surface area contributed by atoms with Gasteiger partial charge >= 0.3 is 7.82 Å². The second kappa shape index (κ2) is 6.04. The van der Waals surface area contributed by atoms with E-state index >= 15 is 0 Å². The van der Waals surface area contributed by atoms with Gasteiger partial charge in [-0.15, -0.1) is 0 Å². The topological polar surface area (TPSA) is 160 Å². The van der Waals surface area contributed by atoms with Crippen LogP contribution in [-0.2, 0) is 13.8 Å². The highest BCUT2D eigenvalue weighted by Gasteiger charge is 2.45. The van der Waals surface area contributed by atoms with Crippen molar-refractivity contribution in [2.24, 2.45) is 0 Å². The van der Waals surface area contributed by atoms with Crippen molar-refractivity contribution in [1.82, 2.24) is 19.5 Å². The van der Waals surface area contributed by atoms with Crippen molar-refractivity contribution in [2.45, 2.75) is 24.5 Å². The van der Waals surface area contributed by atoms with Gasteiger partial charge in [0.15, 0.2) is 17.0 Å². The smallest absolute Gasteiger partial charge is 0.387 e. The van der Waals surface area contributed by atoms with E-state index in [4.69, 9.17) is 26.1 Å². The van der Waals surface area contributed by atoms with Crippen LogP contribution in [0.2, 0.25) is 5.15 Å². The van der Waals surface area contributed by atoms with E-state index in [-0.39, 0.29) is 16.3 Å². The van der Waals surface area contributed by atoms with Gasteiger partial charge in [0, 0.05) is 0 Å². The normalized spacial score (nSPS) is 28.6. The predicted octanol–water partition coefficient (Wildman–Crippen LogP) is -0.792. The number of aliphatic hydroxyl groups is 2. The standard InChI is InChI=1S/C10H12ClN4O7P/c11-8-5-9(13-2-12-8)15(3-14-5)10-7(17)6(16)4(22-10)1-21-23(18,19)20/h2-4,6-7,10,16-17H,1H2,(H2,18,19,20)/t4-,6-,7-,10-/m1/s1. The lowest BCUT2D eigenvalue weighted by atomic mass is 10.1. The number of imidazole rings is 1. The molecule has 0 amide bonds. The number of hydrogen-bond donors (Lipinski definition) is 4. The van der Waals surface area contributed by atoms with E-state index < -0.39 is 39.0 Å². The molecule has 11 nitrogen and oxygen atoms in total. The van der Waals surface area contributed by atoms with E-state index in [0.717, 1.165) is 0 Å². The zero-order valence-corrected chi connectivity index (χ0v) is 12.9. The van der Waals surface area contributed by atoms with Gasteiger partial charge < -0.3 is 24.7 Å². The number of phosphoric ester groups is 1. The van der Waals surface area contributed by atoms with Gasteiger partial charge in [-0.2, -0.15) is 0 Å². The summed E-state index contributed by atoms with van der Waals surface area (Å²) in [5, 5.41) is 20.2. The molecule has 3 heterocycles. The van der Waals surface area contributed by atoms with Crippen LogP contribution >= 0.6 is 19.4 Å². The first-order chi connectivity index (χ1) is 10.8. The SMILES string of the molecule is O=P(O)(O)OC[C@H]1O[C@@H](n2cnc3c(Cl)ncnc32)[C@H](O)[C@@H]1O. The van der Waals surface area contributed by atoms with Crippen molar-refractivity contribution in [3.05, 3.63) is 17.8 Å². The molecule has 3 rings (SSSR count). The number of aliphatic hydroxyl groups excluding tert-OH is 2. The number of hydrogen-bond acceptors (Lipinski definition) is 8. The summed E-state index contributed by atoms with van der Waals surface area (Å²) in [5.41, 5.74) is 0.562. The third-order valence-electron chi connectivity index (χ3n) is 3.33. The average molecular weight is 367 g/mol. The Labute approximate surface area is 133 Å². The van der Waals surface area contributed by atoms with Crippen LogP contribution < -0.4 is 0 Å². The molecule has 1 aliphatic rings. The minimum Gasteiger partial charge on any atom is -0.387 e. The average Bonchev–Trinajstić information content (AvgIpc) is 3.01. The van der Waals surface area contributed by atoms with Crippen LogP contribution in [0.15, 0.2) is 12.7 Å². The van der Waals surface area contributed by atoms with E-state index in [9.17, 15) is 14.8 Å². The highest BCUT2D eigenvalue weighted by atomic mass is 35.5. The Balaban J connectivity index is 1.85. The van der Waals surface area contributed by atoms with Gasteiger partial charge in [0.1, 0.15) is 30.2 Å². The van der Waals surface area contributed by atoms with Gasteiger partial charge in [-0.3, -0.25) is 9.09 Å². The van der Waals surface area contributed by atoms with Crippen molar-refractivity contribution in [2.75, 3.05) is 6.61 Å². The Bertz CT molecular complexity index is 767. The molecule has 0 unspecified atom stereocenters. The lowest BCUT2D eigenvalue weighted by Crippen LogP contribution is -2.33. The molecule has 0 bridgehead atoms. The first-order valence-corrected chi connectivity index (χ1v) is 8.23. The number of phosphoric acid groups is 1. The molecule has 2 aromatic rings. The monoisotopic (exact) mass is 366 g/mol. The molecule has 1 aliphatic heterocycles. The van der Waals surface area contributed by atoms with E-state index in [0.29, 0.717) is 0 Å². The second-order valence-corrected chi connectivity index (χ2v) is 6.42. The molecule has 4 N–H and O–H groups in total. The van der Waals surface area contributed by atoms with E-state index in [1.807, 2.05) is 0 Å². The molecule has 13 heteroatoms. The van der Waals surface area contributed by atoms with Crippen LogP contribution in [0, 0.1) is 0 Å². The van der Waals surface area contributed by atoms with Gasteiger partial charge in [-0.1, -0.05) is 11.6 Å². The molecule has 0 radical (unpaired) electrons. The molecule has 0 aliphatic carbocycles. The third kappa shape index (κ3) is 3.23. The molecule has 4 atom stereocenters. The van der Waals surface area contributed by atoms with Crippen LogP contribution in [0.25, 0.3) is 11.2 Å². The first kappa shape index (κ1) is 16.7. The molecule has 126 valence electrons. The van der Waals surface area contributed by atoms with Crippen LogP contribution in [0.4, 0.5) is 0 Å². The molecule has 0 aromatic carbocycles. The Morgan fingerprint density at radius 1 is 1.30 bits per heavy atom. The van der Waals surface area contributed by atoms with Gasteiger partial charge in [-0.05, 0) is 0 Å². The highest BCUT2D eigenvalue weighted by Crippen LogP contribution is 2.38. The van der Waals surface area contributed by atoms with E-state index in [1.54, 1.807) is 0 Å². The summed E-state index contributed by atoms with van der Waals surface area (Å²) in [6.07, 6.45) is -2.51. The van der Waals surface area contributed by atoms with Gasteiger partial charge in [0.25, 0.3) is 0 Å². The van der Waals surface area contributed by atoms with Gasteiger partial charge in [-0.25, -0.2) is 19.5 Å². The fourth-order valence-corrected chi connectivity index (χ4v) is 2.79. The zero-order valence-electron chi connectivity index (χ0n) is 11.3. The molecule has 0 spiro atoms. The lowest BCUT2D eigenvalue weighted by Gasteiger charge is -2.16. The molecular formula is C10H12ClN4O7P. The molecular weight excluding hydrogens is 355 g/mol. The summed E-state index contributed by atoms with van der Waals surface area (Å²) in [5.74, 6) is 0. The minimum absolute atomic E-state index is 0.114. The van der Waals surface area contributed by atoms with E-state index in [2.05, 4.69) is 19.5 Å². The van der Waals surface area contributed by atoms with Crippen molar-refractivity contribution in [1.29, 1.82) is 0 Å². The van der Waals surface area contributed by atoms with Crippen LogP contribution in [0.5, 0.6) is 0 Å². The van der Waals surface area contributed by atoms with Crippen molar-refractivity contribution in [3.8, 4) is 0 Å². The fourth-order valence-electron chi connectivity index (χ4n) is 2.28. The maximum absolute atomic E-state index is 10.7. The number of ether oxygens (including phenoxy) is 1. The van der Waals surface area contributed by atoms with Gasteiger partial charge in [0.2, 0.25) is 0 Å². The predicted molar refractivity (Wildman–Crippen MR) is 74.3 cm³/mol. The zero-order chi connectivity index (χ0) is 16.8. The maximum atomic E-state index is 10.7.